The molecule has 2 rings (SSSR count). The van der Waals surface area contributed by atoms with Crippen LogP contribution in [0, 0.1) is 5.82 Å². The summed E-state index contributed by atoms with van der Waals surface area (Å²) in [4.78, 5) is 0. The third kappa shape index (κ3) is 2.48. The molecule has 2 N–H and O–H groups in total. The van der Waals surface area contributed by atoms with Crippen molar-refractivity contribution in [3.63, 3.8) is 0 Å². The van der Waals surface area contributed by atoms with Crippen molar-refractivity contribution in [1.29, 1.82) is 0 Å². The van der Waals surface area contributed by atoms with E-state index in [0.29, 0.717) is 10.6 Å². The van der Waals surface area contributed by atoms with Crippen LogP contribution in [-0.2, 0) is 11.3 Å². The third-order valence-corrected chi connectivity index (χ3v) is 3.01. The Labute approximate surface area is 93.2 Å². The van der Waals surface area contributed by atoms with Gasteiger partial charge in [-0.15, -0.1) is 0 Å². The standard InChI is InChI=1S/C11H13ClFNO/c12-10-2-1-3-11(13)9(10)6-15-8-4-7(14)5-8/h1-3,7-8H,4-6,14H2. The summed E-state index contributed by atoms with van der Waals surface area (Å²) in [5, 5.41) is 0.415. The van der Waals surface area contributed by atoms with Gasteiger partial charge in [-0.1, -0.05) is 17.7 Å². The molecule has 0 spiro atoms. The van der Waals surface area contributed by atoms with E-state index < -0.39 is 0 Å². The largest absolute Gasteiger partial charge is 0.373 e. The van der Waals surface area contributed by atoms with Gasteiger partial charge in [0.05, 0.1) is 12.7 Å². The normalized spacial score (nSPS) is 25.0. The smallest absolute Gasteiger partial charge is 0.130 e. The Hall–Kier alpha value is -0.640. The second-order valence-electron chi connectivity index (χ2n) is 3.86. The molecule has 0 unspecified atom stereocenters. The topological polar surface area (TPSA) is 35.2 Å². The molecule has 0 aromatic heterocycles. The summed E-state index contributed by atoms with van der Waals surface area (Å²) < 4.78 is 18.8. The number of nitrogens with two attached hydrogens (primary N) is 1. The van der Waals surface area contributed by atoms with Crippen molar-refractivity contribution in [1.82, 2.24) is 0 Å². The maximum Gasteiger partial charge on any atom is 0.130 e. The zero-order valence-electron chi connectivity index (χ0n) is 8.25. The molecule has 0 bridgehead atoms. The predicted octanol–water partition coefficient (Wildman–Crippen LogP) is 2.49. The minimum absolute atomic E-state index is 0.163. The van der Waals surface area contributed by atoms with Crippen molar-refractivity contribution in [3.8, 4) is 0 Å². The average Bonchev–Trinajstić information content (AvgIpc) is 2.14. The van der Waals surface area contributed by atoms with Gasteiger partial charge in [-0.2, -0.15) is 0 Å². The number of ether oxygens (including phenoxy) is 1. The molecule has 82 valence electrons. The molecule has 1 aliphatic carbocycles. The molecule has 0 atom stereocenters. The Morgan fingerprint density at radius 2 is 2.20 bits per heavy atom. The van der Waals surface area contributed by atoms with Gasteiger partial charge in [-0.05, 0) is 25.0 Å². The van der Waals surface area contributed by atoms with E-state index in [1.165, 1.54) is 6.07 Å². The highest BCUT2D eigenvalue weighted by atomic mass is 35.5. The predicted molar refractivity (Wildman–Crippen MR) is 57.2 cm³/mol. The molecule has 1 fully saturated rings. The highest BCUT2D eigenvalue weighted by molar-refractivity contribution is 6.31. The first-order valence-corrected chi connectivity index (χ1v) is 5.34. The minimum atomic E-state index is -0.314. The zero-order valence-corrected chi connectivity index (χ0v) is 9.01. The highest BCUT2D eigenvalue weighted by Gasteiger charge is 2.26. The molecule has 4 heteroatoms. The third-order valence-electron chi connectivity index (χ3n) is 2.66. The summed E-state index contributed by atoms with van der Waals surface area (Å²) in [7, 11) is 0. The first kappa shape index (κ1) is 10.9. The van der Waals surface area contributed by atoms with Crippen LogP contribution in [0.3, 0.4) is 0 Å². The molecule has 1 aromatic rings. The van der Waals surface area contributed by atoms with Gasteiger partial charge in [0.25, 0.3) is 0 Å². The Morgan fingerprint density at radius 3 is 2.80 bits per heavy atom. The summed E-state index contributed by atoms with van der Waals surface area (Å²) in [5.41, 5.74) is 6.05. The first-order chi connectivity index (χ1) is 7.16. The monoisotopic (exact) mass is 229 g/mol. The molecule has 0 heterocycles. The van der Waals surface area contributed by atoms with Crippen LogP contribution in [0.2, 0.25) is 5.02 Å². The van der Waals surface area contributed by atoms with Crippen molar-refractivity contribution in [2.45, 2.75) is 31.6 Å². The van der Waals surface area contributed by atoms with Gasteiger partial charge in [0, 0.05) is 16.6 Å². The van der Waals surface area contributed by atoms with Crippen molar-refractivity contribution >= 4 is 11.6 Å². The summed E-state index contributed by atoms with van der Waals surface area (Å²) in [6, 6.07) is 4.87. The van der Waals surface area contributed by atoms with Crippen LogP contribution in [0.4, 0.5) is 4.39 Å². The van der Waals surface area contributed by atoms with E-state index in [9.17, 15) is 4.39 Å². The number of rotatable bonds is 3. The van der Waals surface area contributed by atoms with E-state index in [1.807, 2.05) is 0 Å². The maximum absolute atomic E-state index is 13.3. The van der Waals surface area contributed by atoms with Crippen LogP contribution in [0.15, 0.2) is 18.2 Å². The van der Waals surface area contributed by atoms with E-state index >= 15 is 0 Å². The number of benzene rings is 1. The fraction of sp³-hybridized carbons (Fsp3) is 0.455. The van der Waals surface area contributed by atoms with Gasteiger partial charge >= 0.3 is 0 Å². The second kappa shape index (κ2) is 4.47. The zero-order chi connectivity index (χ0) is 10.8. The van der Waals surface area contributed by atoms with Gasteiger partial charge in [0.2, 0.25) is 0 Å². The fourth-order valence-electron chi connectivity index (χ4n) is 1.61. The van der Waals surface area contributed by atoms with Gasteiger partial charge < -0.3 is 10.5 Å². The lowest BCUT2D eigenvalue weighted by atomic mass is 9.90. The molecule has 0 radical (unpaired) electrons. The molecule has 1 aromatic carbocycles. The highest BCUT2D eigenvalue weighted by Crippen LogP contribution is 2.25. The van der Waals surface area contributed by atoms with Gasteiger partial charge in [-0.3, -0.25) is 0 Å². The molecular weight excluding hydrogens is 217 g/mol. The molecular formula is C11H13ClFNO. The van der Waals surface area contributed by atoms with E-state index in [1.54, 1.807) is 12.1 Å². The summed E-state index contributed by atoms with van der Waals surface area (Å²) in [6.07, 6.45) is 1.87. The van der Waals surface area contributed by atoms with Crippen molar-refractivity contribution in [2.75, 3.05) is 0 Å². The molecule has 1 saturated carbocycles. The Balaban J connectivity index is 1.93. The first-order valence-electron chi connectivity index (χ1n) is 4.97. The quantitative estimate of drug-likeness (QED) is 0.864. The van der Waals surface area contributed by atoms with Crippen LogP contribution < -0.4 is 5.73 Å². The summed E-state index contributed by atoms with van der Waals surface area (Å²) in [6.45, 7) is 0.225. The lowest BCUT2D eigenvalue weighted by molar-refractivity contribution is -0.0198. The lowest BCUT2D eigenvalue weighted by Crippen LogP contribution is -2.41. The maximum atomic E-state index is 13.3. The molecule has 0 amide bonds. The summed E-state index contributed by atoms with van der Waals surface area (Å²) in [5.74, 6) is -0.314. The van der Waals surface area contributed by atoms with E-state index in [-0.39, 0.29) is 24.6 Å². The fourth-order valence-corrected chi connectivity index (χ4v) is 1.83. The summed E-state index contributed by atoms with van der Waals surface area (Å²) >= 11 is 5.86. The molecule has 1 aliphatic rings. The molecule has 15 heavy (non-hydrogen) atoms. The Kier molecular flexibility index (Phi) is 3.24. The Morgan fingerprint density at radius 1 is 1.47 bits per heavy atom. The van der Waals surface area contributed by atoms with Crippen LogP contribution in [0.5, 0.6) is 0 Å². The minimum Gasteiger partial charge on any atom is -0.373 e. The second-order valence-corrected chi connectivity index (χ2v) is 4.27. The van der Waals surface area contributed by atoms with Crippen LogP contribution in [0.1, 0.15) is 18.4 Å². The van der Waals surface area contributed by atoms with Crippen molar-refractivity contribution < 1.29 is 9.13 Å². The van der Waals surface area contributed by atoms with Crippen LogP contribution >= 0.6 is 11.6 Å². The molecule has 0 aliphatic heterocycles. The van der Waals surface area contributed by atoms with Crippen LogP contribution in [0.25, 0.3) is 0 Å². The van der Waals surface area contributed by atoms with Gasteiger partial charge in [-0.25, -0.2) is 4.39 Å². The molecule has 2 nitrogen and oxygen atoms in total. The Bertz CT molecular complexity index is 332. The van der Waals surface area contributed by atoms with Gasteiger partial charge in [0.15, 0.2) is 0 Å². The average molecular weight is 230 g/mol. The van der Waals surface area contributed by atoms with Crippen molar-refractivity contribution in [2.24, 2.45) is 5.73 Å². The van der Waals surface area contributed by atoms with E-state index in [0.717, 1.165) is 12.8 Å². The van der Waals surface area contributed by atoms with Gasteiger partial charge in [0.1, 0.15) is 5.82 Å². The number of hydrogen-bond acceptors (Lipinski definition) is 2. The van der Waals surface area contributed by atoms with Crippen LogP contribution in [-0.4, -0.2) is 12.1 Å². The number of hydrogen-bond donors (Lipinski definition) is 1. The van der Waals surface area contributed by atoms with E-state index in [2.05, 4.69) is 0 Å². The SMILES string of the molecule is NC1CC(OCc2c(F)cccc2Cl)C1. The molecule has 0 saturated heterocycles. The number of halogens is 2. The lowest BCUT2D eigenvalue weighted by Gasteiger charge is -2.32. The van der Waals surface area contributed by atoms with E-state index in [4.69, 9.17) is 22.1 Å². The van der Waals surface area contributed by atoms with Crippen molar-refractivity contribution in [3.05, 3.63) is 34.6 Å².